The van der Waals surface area contributed by atoms with Crippen molar-refractivity contribution in [2.24, 2.45) is 0 Å². The molecule has 1 heterocycles. The Labute approximate surface area is 173 Å². The van der Waals surface area contributed by atoms with Crippen molar-refractivity contribution in [2.75, 3.05) is 20.1 Å². The van der Waals surface area contributed by atoms with Crippen LogP contribution in [0.4, 0.5) is 13.2 Å². The second-order valence-electron chi connectivity index (χ2n) is 7.30. The molecule has 0 aliphatic carbocycles. The number of hydrogen-bond acceptors (Lipinski definition) is 3. The topological polar surface area (TPSA) is 40.6 Å². The molecule has 3 rings (SSSR count). The molecule has 1 aliphatic heterocycles. The standard InChI is InChI=1S/C20H22ClF3N2O2S/c1-14-3-8-18(11-19(14)21)29(27,28)25(2)17-9-10-26(13-17)12-15-4-6-16(7-5-15)20(22,23)24/h3-8,11,17H,9-10,12-13H2,1-2H3. The van der Waals surface area contributed by atoms with Gasteiger partial charge in [-0.15, -0.1) is 0 Å². The van der Waals surface area contributed by atoms with Gasteiger partial charge in [0.05, 0.1) is 10.5 Å². The lowest BCUT2D eigenvalue weighted by atomic mass is 10.1. The molecule has 2 aromatic rings. The van der Waals surface area contributed by atoms with E-state index in [0.717, 1.165) is 23.3 Å². The highest BCUT2D eigenvalue weighted by Crippen LogP contribution is 2.30. The van der Waals surface area contributed by atoms with Crippen molar-refractivity contribution in [3.05, 3.63) is 64.2 Å². The molecular weight excluding hydrogens is 425 g/mol. The van der Waals surface area contributed by atoms with Gasteiger partial charge < -0.3 is 0 Å². The second-order valence-corrected chi connectivity index (χ2v) is 9.71. The largest absolute Gasteiger partial charge is 0.416 e. The highest BCUT2D eigenvalue weighted by Gasteiger charge is 2.34. The van der Waals surface area contributed by atoms with E-state index in [9.17, 15) is 21.6 Å². The van der Waals surface area contributed by atoms with E-state index in [4.69, 9.17) is 11.6 Å². The number of hydrogen-bond donors (Lipinski definition) is 0. The number of alkyl halides is 3. The number of aryl methyl sites for hydroxylation is 1. The van der Waals surface area contributed by atoms with Gasteiger partial charge in [0.1, 0.15) is 0 Å². The Kier molecular flexibility index (Phi) is 6.29. The van der Waals surface area contributed by atoms with E-state index in [2.05, 4.69) is 0 Å². The lowest BCUT2D eigenvalue weighted by Crippen LogP contribution is -2.38. The van der Waals surface area contributed by atoms with E-state index in [1.165, 1.54) is 22.5 Å². The average Bonchev–Trinajstić information content (AvgIpc) is 3.11. The SMILES string of the molecule is Cc1ccc(S(=O)(=O)N(C)C2CCN(Cc3ccc(C(F)(F)F)cc3)C2)cc1Cl. The summed E-state index contributed by atoms with van der Waals surface area (Å²) in [5.41, 5.74) is 0.884. The van der Waals surface area contributed by atoms with Gasteiger partial charge in [0.2, 0.25) is 10.0 Å². The van der Waals surface area contributed by atoms with Gasteiger partial charge in [-0.1, -0.05) is 29.8 Å². The van der Waals surface area contributed by atoms with Crippen LogP contribution < -0.4 is 0 Å². The first-order chi connectivity index (χ1) is 13.5. The van der Waals surface area contributed by atoms with Gasteiger partial charge in [0.15, 0.2) is 0 Å². The third-order valence-corrected chi connectivity index (χ3v) is 7.58. The lowest BCUT2D eigenvalue weighted by Gasteiger charge is -2.24. The fraction of sp³-hybridized carbons (Fsp3) is 0.400. The van der Waals surface area contributed by atoms with Crippen molar-refractivity contribution in [1.82, 2.24) is 9.21 Å². The van der Waals surface area contributed by atoms with Crippen LogP contribution in [0.25, 0.3) is 0 Å². The number of nitrogens with zero attached hydrogens (tertiary/aromatic N) is 2. The van der Waals surface area contributed by atoms with E-state index < -0.39 is 21.8 Å². The Hall–Kier alpha value is -1.61. The summed E-state index contributed by atoms with van der Waals surface area (Å²) >= 11 is 6.08. The monoisotopic (exact) mass is 446 g/mol. The van der Waals surface area contributed by atoms with Crippen molar-refractivity contribution in [1.29, 1.82) is 0 Å². The summed E-state index contributed by atoms with van der Waals surface area (Å²) in [5, 5.41) is 0.398. The highest BCUT2D eigenvalue weighted by molar-refractivity contribution is 7.89. The summed E-state index contributed by atoms with van der Waals surface area (Å²) in [6, 6.07) is 9.53. The third kappa shape index (κ3) is 4.94. The molecule has 0 spiro atoms. The normalized spacial score (nSPS) is 18.5. The molecule has 0 N–H and O–H groups in total. The van der Waals surface area contributed by atoms with E-state index in [1.54, 1.807) is 26.1 Å². The molecule has 158 valence electrons. The van der Waals surface area contributed by atoms with Gasteiger partial charge in [-0.25, -0.2) is 8.42 Å². The quantitative estimate of drug-likeness (QED) is 0.676. The van der Waals surface area contributed by atoms with Crippen molar-refractivity contribution in [2.45, 2.75) is 37.0 Å². The highest BCUT2D eigenvalue weighted by atomic mass is 35.5. The Bertz CT molecular complexity index is 978. The van der Waals surface area contributed by atoms with Crippen LogP contribution >= 0.6 is 11.6 Å². The minimum atomic E-state index is -4.35. The van der Waals surface area contributed by atoms with Crippen LogP contribution in [0.1, 0.15) is 23.1 Å². The number of likely N-dealkylation sites (N-methyl/N-ethyl adjacent to an activating group) is 1. The molecule has 0 aromatic heterocycles. The zero-order valence-electron chi connectivity index (χ0n) is 16.1. The van der Waals surface area contributed by atoms with Crippen LogP contribution in [0.15, 0.2) is 47.4 Å². The fourth-order valence-electron chi connectivity index (χ4n) is 3.41. The predicted octanol–water partition coefficient (Wildman–Crippen LogP) is 4.56. The minimum Gasteiger partial charge on any atom is -0.297 e. The number of halogens is 4. The average molecular weight is 447 g/mol. The number of benzene rings is 2. The van der Waals surface area contributed by atoms with Gasteiger partial charge in [-0.3, -0.25) is 4.90 Å². The molecule has 2 aromatic carbocycles. The zero-order chi connectivity index (χ0) is 21.4. The molecule has 0 amide bonds. The first kappa shape index (κ1) is 22.1. The van der Waals surface area contributed by atoms with E-state index in [-0.39, 0.29) is 10.9 Å². The molecule has 1 unspecified atom stereocenters. The van der Waals surface area contributed by atoms with Crippen molar-refractivity contribution in [3.8, 4) is 0 Å². The van der Waals surface area contributed by atoms with Gasteiger partial charge in [0.25, 0.3) is 0 Å². The summed E-state index contributed by atoms with van der Waals surface area (Å²) < 4.78 is 65.3. The fourth-order valence-corrected chi connectivity index (χ4v) is 5.06. The first-order valence-corrected chi connectivity index (χ1v) is 10.9. The molecule has 1 atom stereocenters. The maximum Gasteiger partial charge on any atom is 0.416 e. The van der Waals surface area contributed by atoms with E-state index >= 15 is 0 Å². The maximum atomic E-state index is 12.9. The van der Waals surface area contributed by atoms with Crippen molar-refractivity contribution >= 4 is 21.6 Å². The van der Waals surface area contributed by atoms with E-state index in [1.807, 2.05) is 4.90 Å². The molecule has 0 bridgehead atoms. The maximum absolute atomic E-state index is 12.9. The predicted molar refractivity (Wildman–Crippen MR) is 106 cm³/mol. The van der Waals surface area contributed by atoms with Crippen LogP contribution in [-0.4, -0.2) is 43.8 Å². The second kappa shape index (κ2) is 8.26. The number of likely N-dealkylation sites (tertiary alicyclic amines) is 1. The van der Waals surface area contributed by atoms with Crippen LogP contribution in [-0.2, 0) is 22.7 Å². The zero-order valence-corrected chi connectivity index (χ0v) is 17.7. The summed E-state index contributed by atoms with van der Waals surface area (Å²) in [4.78, 5) is 2.19. The van der Waals surface area contributed by atoms with Crippen LogP contribution in [0, 0.1) is 6.92 Å². The van der Waals surface area contributed by atoms with Crippen LogP contribution in [0.3, 0.4) is 0 Å². The molecule has 4 nitrogen and oxygen atoms in total. The Balaban J connectivity index is 1.66. The molecule has 9 heteroatoms. The molecule has 1 saturated heterocycles. The van der Waals surface area contributed by atoms with Crippen LogP contribution in [0.5, 0.6) is 0 Å². The van der Waals surface area contributed by atoms with Crippen molar-refractivity contribution < 1.29 is 21.6 Å². The first-order valence-electron chi connectivity index (χ1n) is 9.11. The summed E-state index contributed by atoms with van der Waals surface area (Å²) in [6.07, 6.45) is -3.71. The molecule has 0 radical (unpaired) electrons. The van der Waals surface area contributed by atoms with Gasteiger partial charge in [0, 0.05) is 37.7 Å². The van der Waals surface area contributed by atoms with E-state index in [0.29, 0.717) is 31.1 Å². The summed E-state index contributed by atoms with van der Waals surface area (Å²) in [7, 11) is -2.13. The minimum absolute atomic E-state index is 0.150. The van der Waals surface area contributed by atoms with Crippen molar-refractivity contribution in [3.63, 3.8) is 0 Å². The van der Waals surface area contributed by atoms with Gasteiger partial charge in [-0.2, -0.15) is 17.5 Å². The number of sulfonamides is 1. The Morgan fingerprint density at radius 2 is 1.83 bits per heavy atom. The number of rotatable bonds is 5. The molecule has 0 saturated carbocycles. The molecule has 29 heavy (non-hydrogen) atoms. The lowest BCUT2D eigenvalue weighted by molar-refractivity contribution is -0.137. The Morgan fingerprint density at radius 3 is 2.41 bits per heavy atom. The molecule has 1 aliphatic rings. The van der Waals surface area contributed by atoms with Gasteiger partial charge >= 0.3 is 6.18 Å². The van der Waals surface area contributed by atoms with Gasteiger partial charge in [-0.05, 0) is 48.7 Å². The summed E-state index contributed by atoms with van der Waals surface area (Å²) in [5.74, 6) is 0. The van der Waals surface area contributed by atoms with Crippen LogP contribution in [0.2, 0.25) is 5.02 Å². The Morgan fingerprint density at radius 1 is 1.17 bits per heavy atom. The molecular formula is C20H22ClF3N2O2S. The third-order valence-electron chi connectivity index (χ3n) is 5.27. The smallest absolute Gasteiger partial charge is 0.297 e. The summed E-state index contributed by atoms with van der Waals surface area (Å²) in [6.45, 7) is 3.45. The molecule has 1 fully saturated rings.